The number of benzene rings is 2. The maximum absolute atomic E-state index is 12.8. The summed E-state index contributed by atoms with van der Waals surface area (Å²) in [6.45, 7) is 2.12. The van der Waals surface area contributed by atoms with Crippen molar-refractivity contribution in [1.82, 2.24) is 9.88 Å². The molecule has 1 amide bonds. The van der Waals surface area contributed by atoms with E-state index in [0.29, 0.717) is 11.3 Å². The summed E-state index contributed by atoms with van der Waals surface area (Å²) in [6.07, 6.45) is -4.29. The Kier molecular flexibility index (Phi) is 5.84. The number of hydrogen-bond acceptors (Lipinski definition) is 3. The largest absolute Gasteiger partial charge is 0.416 e. The van der Waals surface area contributed by atoms with Gasteiger partial charge in [-0.25, -0.2) is 4.98 Å². The molecule has 0 aliphatic heterocycles. The maximum Gasteiger partial charge on any atom is 0.416 e. The molecule has 3 nitrogen and oxygen atoms in total. The van der Waals surface area contributed by atoms with E-state index in [2.05, 4.69) is 4.98 Å². The Morgan fingerprint density at radius 2 is 1.86 bits per heavy atom. The van der Waals surface area contributed by atoms with Crippen LogP contribution in [-0.4, -0.2) is 22.8 Å². The molecule has 146 valence electrons. The molecule has 1 aromatic heterocycles. The third-order valence-corrected chi connectivity index (χ3v) is 5.22. The average Bonchev–Trinajstić information content (AvgIpc) is 3.10. The van der Waals surface area contributed by atoms with Crippen molar-refractivity contribution in [3.05, 3.63) is 76.3 Å². The molecule has 7 heteroatoms. The quantitative estimate of drug-likeness (QED) is 0.575. The fourth-order valence-corrected chi connectivity index (χ4v) is 3.54. The van der Waals surface area contributed by atoms with Gasteiger partial charge in [-0.1, -0.05) is 42.0 Å². The van der Waals surface area contributed by atoms with Gasteiger partial charge in [0.05, 0.1) is 17.7 Å². The Bertz CT molecular complexity index is 964. The maximum atomic E-state index is 12.8. The molecule has 0 aliphatic rings. The van der Waals surface area contributed by atoms with Gasteiger partial charge in [0.25, 0.3) is 0 Å². The predicted molar refractivity (Wildman–Crippen MR) is 104 cm³/mol. The Labute approximate surface area is 165 Å². The number of carbonyl (C=O) groups excluding carboxylic acids is 1. The van der Waals surface area contributed by atoms with Crippen molar-refractivity contribution in [2.45, 2.75) is 26.1 Å². The third-order valence-electron chi connectivity index (χ3n) is 4.28. The van der Waals surface area contributed by atoms with Crippen LogP contribution in [0.5, 0.6) is 0 Å². The SMILES string of the molecule is Cc1ccc(-c2nc(CC(=O)N(C)Cc3cccc(C(F)(F)F)c3)cs2)cc1. The average molecular weight is 404 g/mol. The van der Waals surface area contributed by atoms with Crippen LogP contribution < -0.4 is 0 Å². The summed E-state index contributed by atoms with van der Waals surface area (Å²) in [5.74, 6) is -0.196. The highest BCUT2D eigenvalue weighted by molar-refractivity contribution is 7.13. The first-order valence-corrected chi connectivity index (χ1v) is 9.52. The summed E-state index contributed by atoms with van der Waals surface area (Å²) < 4.78 is 38.5. The topological polar surface area (TPSA) is 33.2 Å². The Hall–Kier alpha value is -2.67. The second kappa shape index (κ2) is 8.14. The molecule has 28 heavy (non-hydrogen) atoms. The van der Waals surface area contributed by atoms with Crippen LogP contribution in [0.1, 0.15) is 22.4 Å². The lowest BCUT2D eigenvalue weighted by Gasteiger charge is -2.17. The molecular weight excluding hydrogens is 385 g/mol. The molecule has 0 fully saturated rings. The molecule has 3 aromatic rings. The van der Waals surface area contributed by atoms with E-state index in [1.165, 1.54) is 22.3 Å². The van der Waals surface area contributed by atoms with Crippen molar-refractivity contribution in [1.29, 1.82) is 0 Å². The summed E-state index contributed by atoms with van der Waals surface area (Å²) in [7, 11) is 1.58. The Morgan fingerprint density at radius 3 is 2.54 bits per heavy atom. The number of carbonyl (C=O) groups is 1. The number of halogens is 3. The number of alkyl halides is 3. The van der Waals surface area contributed by atoms with Crippen molar-refractivity contribution >= 4 is 17.2 Å². The third kappa shape index (κ3) is 4.98. The predicted octanol–water partition coefficient (Wildman–Crippen LogP) is 5.34. The molecule has 0 saturated heterocycles. The minimum atomic E-state index is -4.40. The first-order valence-electron chi connectivity index (χ1n) is 8.64. The van der Waals surface area contributed by atoms with E-state index in [1.54, 1.807) is 13.1 Å². The molecule has 0 aliphatic carbocycles. The lowest BCUT2D eigenvalue weighted by Crippen LogP contribution is -2.28. The van der Waals surface area contributed by atoms with E-state index >= 15 is 0 Å². The van der Waals surface area contributed by atoms with Crippen molar-refractivity contribution in [2.75, 3.05) is 7.05 Å². The van der Waals surface area contributed by atoms with Crippen molar-refractivity contribution in [3.63, 3.8) is 0 Å². The summed E-state index contributed by atoms with van der Waals surface area (Å²) in [4.78, 5) is 18.4. The van der Waals surface area contributed by atoms with Crippen molar-refractivity contribution in [3.8, 4) is 10.6 Å². The molecule has 0 bridgehead atoms. The van der Waals surface area contributed by atoms with Crippen LogP contribution in [0.25, 0.3) is 10.6 Å². The molecular formula is C21H19F3N2OS. The molecule has 0 spiro atoms. The number of amides is 1. The number of rotatable bonds is 5. The highest BCUT2D eigenvalue weighted by atomic mass is 32.1. The number of hydrogen-bond donors (Lipinski definition) is 0. The Morgan fingerprint density at radius 1 is 1.14 bits per heavy atom. The zero-order valence-corrected chi connectivity index (χ0v) is 16.3. The van der Waals surface area contributed by atoms with E-state index in [0.717, 1.165) is 28.3 Å². The van der Waals surface area contributed by atoms with Crippen LogP contribution in [0.3, 0.4) is 0 Å². The number of aromatic nitrogens is 1. The van der Waals surface area contributed by atoms with Gasteiger partial charge in [-0.15, -0.1) is 11.3 Å². The lowest BCUT2D eigenvalue weighted by atomic mass is 10.1. The first kappa shape index (κ1) is 20.1. The molecule has 2 aromatic carbocycles. The lowest BCUT2D eigenvalue weighted by molar-refractivity contribution is -0.137. The van der Waals surface area contributed by atoms with Gasteiger partial charge in [0.1, 0.15) is 5.01 Å². The van der Waals surface area contributed by atoms with Gasteiger partial charge in [0.2, 0.25) is 5.91 Å². The van der Waals surface area contributed by atoms with Gasteiger partial charge >= 0.3 is 6.18 Å². The van der Waals surface area contributed by atoms with Crippen LogP contribution in [0.2, 0.25) is 0 Å². The van der Waals surface area contributed by atoms with Gasteiger partial charge in [0.15, 0.2) is 0 Å². The van der Waals surface area contributed by atoms with Gasteiger partial charge in [-0.05, 0) is 24.6 Å². The molecule has 0 unspecified atom stereocenters. The number of aryl methyl sites for hydroxylation is 1. The monoisotopic (exact) mass is 404 g/mol. The van der Waals surface area contributed by atoms with Crippen molar-refractivity contribution < 1.29 is 18.0 Å². The van der Waals surface area contributed by atoms with Gasteiger partial charge in [-0.3, -0.25) is 4.79 Å². The molecule has 0 radical (unpaired) electrons. The standard InChI is InChI=1S/C21H19F3N2OS/c1-14-6-8-16(9-7-14)20-25-18(13-28-20)11-19(27)26(2)12-15-4-3-5-17(10-15)21(22,23)24/h3-10,13H,11-12H2,1-2H3. The molecule has 0 saturated carbocycles. The fourth-order valence-electron chi connectivity index (χ4n) is 2.71. The smallest absolute Gasteiger partial charge is 0.341 e. The van der Waals surface area contributed by atoms with Crippen LogP contribution in [0, 0.1) is 6.92 Å². The summed E-state index contributed by atoms with van der Waals surface area (Å²) in [6, 6.07) is 13.0. The minimum absolute atomic E-state index is 0.109. The summed E-state index contributed by atoms with van der Waals surface area (Å²) in [5.41, 5.74) is 2.53. The highest BCUT2D eigenvalue weighted by Crippen LogP contribution is 2.30. The second-order valence-corrected chi connectivity index (χ2v) is 7.49. The fraction of sp³-hybridized carbons (Fsp3) is 0.238. The Balaban J connectivity index is 1.64. The van der Waals surface area contributed by atoms with E-state index in [4.69, 9.17) is 0 Å². The summed E-state index contributed by atoms with van der Waals surface area (Å²) >= 11 is 1.46. The van der Waals surface area contributed by atoms with Crippen LogP contribution in [0.4, 0.5) is 13.2 Å². The highest BCUT2D eigenvalue weighted by Gasteiger charge is 2.30. The van der Waals surface area contributed by atoms with E-state index in [-0.39, 0.29) is 18.9 Å². The van der Waals surface area contributed by atoms with E-state index in [1.807, 2.05) is 36.6 Å². The molecule has 0 atom stereocenters. The number of likely N-dealkylation sites (N-methyl/N-ethyl adjacent to an activating group) is 1. The van der Waals surface area contributed by atoms with Gasteiger partial charge in [0, 0.05) is 24.5 Å². The van der Waals surface area contributed by atoms with Crippen molar-refractivity contribution in [2.24, 2.45) is 0 Å². The van der Waals surface area contributed by atoms with Crippen LogP contribution in [0.15, 0.2) is 53.9 Å². The van der Waals surface area contributed by atoms with E-state index < -0.39 is 11.7 Å². The number of nitrogens with zero attached hydrogens (tertiary/aromatic N) is 2. The molecule has 3 rings (SSSR count). The van der Waals surface area contributed by atoms with Crippen LogP contribution in [-0.2, 0) is 23.9 Å². The number of thiazole rings is 1. The normalized spacial score (nSPS) is 11.5. The van der Waals surface area contributed by atoms with Gasteiger partial charge in [-0.2, -0.15) is 13.2 Å². The zero-order chi connectivity index (χ0) is 20.3. The minimum Gasteiger partial charge on any atom is -0.341 e. The van der Waals surface area contributed by atoms with E-state index in [9.17, 15) is 18.0 Å². The molecule has 0 N–H and O–H groups in total. The first-order chi connectivity index (χ1) is 13.2. The summed E-state index contributed by atoms with van der Waals surface area (Å²) in [5, 5.41) is 2.67. The van der Waals surface area contributed by atoms with Gasteiger partial charge < -0.3 is 4.90 Å². The van der Waals surface area contributed by atoms with Crippen LogP contribution >= 0.6 is 11.3 Å². The molecule has 1 heterocycles. The zero-order valence-electron chi connectivity index (χ0n) is 15.5. The second-order valence-electron chi connectivity index (χ2n) is 6.63.